The van der Waals surface area contributed by atoms with Crippen LogP contribution in [0.2, 0.25) is 0 Å². The van der Waals surface area contributed by atoms with Crippen molar-refractivity contribution in [3.05, 3.63) is 23.9 Å². The molecule has 0 aliphatic carbocycles. The lowest BCUT2D eigenvalue weighted by molar-refractivity contribution is -0.154. The van der Waals surface area contributed by atoms with E-state index in [9.17, 15) is 13.2 Å². The van der Waals surface area contributed by atoms with Gasteiger partial charge in [-0.3, -0.25) is 0 Å². The molecule has 0 atom stereocenters. The fourth-order valence-corrected chi connectivity index (χ4v) is 1.57. The number of nitrogens with zero attached hydrogens (tertiary/aromatic N) is 3. The van der Waals surface area contributed by atoms with Crippen molar-refractivity contribution >= 4 is 5.96 Å². The Kier molecular flexibility index (Phi) is 6.26. The zero-order valence-corrected chi connectivity index (χ0v) is 12.0. The number of pyridine rings is 1. The molecule has 1 aromatic rings. The molecule has 5 nitrogen and oxygen atoms in total. The third kappa shape index (κ3) is 6.33. The van der Waals surface area contributed by atoms with Gasteiger partial charge >= 0.3 is 6.18 Å². The first-order chi connectivity index (χ1) is 9.85. The van der Waals surface area contributed by atoms with Gasteiger partial charge in [0, 0.05) is 25.4 Å². The van der Waals surface area contributed by atoms with Crippen molar-refractivity contribution in [3.63, 3.8) is 0 Å². The summed E-state index contributed by atoms with van der Waals surface area (Å²) in [5.41, 5.74) is 6.56. The van der Waals surface area contributed by atoms with Crippen molar-refractivity contribution in [3.8, 4) is 5.88 Å². The molecule has 0 saturated carbocycles. The number of halogens is 3. The van der Waals surface area contributed by atoms with E-state index in [1.54, 1.807) is 6.07 Å². The molecule has 118 valence electrons. The highest BCUT2D eigenvalue weighted by atomic mass is 19.4. The van der Waals surface area contributed by atoms with Crippen LogP contribution in [0.25, 0.3) is 0 Å². The summed E-state index contributed by atoms with van der Waals surface area (Å²) in [6.07, 6.45) is -2.95. The maximum atomic E-state index is 12.0. The van der Waals surface area contributed by atoms with Gasteiger partial charge in [-0.05, 0) is 19.4 Å². The van der Waals surface area contributed by atoms with Gasteiger partial charge in [0.15, 0.2) is 12.6 Å². The average molecular weight is 304 g/mol. The van der Waals surface area contributed by atoms with Crippen LogP contribution in [0.3, 0.4) is 0 Å². The van der Waals surface area contributed by atoms with E-state index in [2.05, 4.69) is 14.7 Å². The second-order valence-electron chi connectivity index (χ2n) is 4.26. The van der Waals surface area contributed by atoms with Gasteiger partial charge in [0.25, 0.3) is 0 Å². The standard InChI is InChI=1S/C13H19F3N4O/c1-3-20(4-2)12(17)19-8-10-5-6-11(18-7-10)21-9-13(14,15)16/h5-7H,3-4,8-9H2,1-2H3,(H2,17,19). The maximum Gasteiger partial charge on any atom is 0.422 e. The van der Waals surface area contributed by atoms with E-state index in [0.29, 0.717) is 12.5 Å². The fraction of sp³-hybridized carbons (Fsp3) is 0.538. The van der Waals surface area contributed by atoms with Gasteiger partial charge in [0.1, 0.15) is 0 Å². The molecule has 0 bridgehead atoms. The number of alkyl halides is 3. The summed E-state index contributed by atoms with van der Waals surface area (Å²) in [6.45, 7) is 4.42. The molecular weight excluding hydrogens is 285 g/mol. The number of ether oxygens (including phenoxy) is 1. The Balaban J connectivity index is 2.57. The maximum absolute atomic E-state index is 12.0. The summed E-state index contributed by atoms with van der Waals surface area (Å²) < 4.78 is 40.5. The minimum absolute atomic E-state index is 0.0724. The summed E-state index contributed by atoms with van der Waals surface area (Å²) in [5.74, 6) is 0.356. The lowest BCUT2D eigenvalue weighted by Crippen LogP contribution is -2.37. The Hall–Kier alpha value is -1.99. The number of nitrogens with two attached hydrogens (primary N) is 1. The molecule has 0 aromatic carbocycles. The van der Waals surface area contributed by atoms with Gasteiger partial charge in [0.05, 0.1) is 6.54 Å². The Morgan fingerprint density at radius 1 is 1.33 bits per heavy atom. The van der Waals surface area contributed by atoms with Crippen LogP contribution in [0.1, 0.15) is 19.4 Å². The summed E-state index contributed by atoms with van der Waals surface area (Å²) in [7, 11) is 0. The number of aromatic nitrogens is 1. The van der Waals surface area contributed by atoms with E-state index in [1.165, 1.54) is 12.3 Å². The van der Waals surface area contributed by atoms with Crippen LogP contribution in [-0.4, -0.2) is 41.7 Å². The molecule has 0 fully saturated rings. The minimum Gasteiger partial charge on any atom is -0.468 e. The second-order valence-corrected chi connectivity index (χ2v) is 4.26. The molecule has 1 aromatic heterocycles. The first-order valence-electron chi connectivity index (χ1n) is 6.55. The van der Waals surface area contributed by atoms with Crippen LogP contribution in [0, 0.1) is 0 Å². The highest BCUT2D eigenvalue weighted by Gasteiger charge is 2.28. The number of hydrogen-bond donors (Lipinski definition) is 1. The molecule has 0 spiro atoms. The number of hydrogen-bond acceptors (Lipinski definition) is 3. The molecule has 0 amide bonds. The van der Waals surface area contributed by atoms with E-state index < -0.39 is 12.8 Å². The van der Waals surface area contributed by atoms with Crippen molar-refractivity contribution < 1.29 is 17.9 Å². The topological polar surface area (TPSA) is 63.7 Å². The third-order valence-electron chi connectivity index (χ3n) is 2.69. The first kappa shape index (κ1) is 17.1. The van der Waals surface area contributed by atoms with E-state index in [1.807, 2.05) is 18.7 Å². The van der Waals surface area contributed by atoms with Gasteiger partial charge in [0.2, 0.25) is 5.88 Å². The van der Waals surface area contributed by atoms with Crippen LogP contribution in [-0.2, 0) is 6.54 Å². The molecule has 0 aliphatic heterocycles. The van der Waals surface area contributed by atoms with Crippen LogP contribution in [0.4, 0.5) is 13.2 Å². The molecule has 2 N–H and O–H groups in total. The molecule has 0 aliphatic rings. The van der Waals surface area contributed by atoms with Gasteiger partial charge in [-0.25, -0.2) is 9.98 Å². The summed E-state index contributed by atoms with van der Waals surface area (Å²) in [5, 5.41) is 0. The molecular formula is C13H19F3N4O. The molecule has 1 rings (SSSR count). The fourth-order valence-electron chi connectivity index (χ4n) is 1.57. The second kappa shape index (κ2) is 7.70. The van der Waals surface area contributed by atoms with Crippen molar-refractivity contribution in [2.75, 3.05) is 19.7 Å². The van der Waals surface area contributed by atoms with E-state index in [-0.39, 0.29) is 5.88 Å². The SMILES string of the molecule is CCN(CC)C(N)=NCc1ccc(OCC(F)(F)F)nc1. The smallest absolute Gasteiger partial charge is 0.422 e. The molecule has 1 heterocycles. The summed E-state index contributed by atoms with van der Waals surface area (Å²) in [6, 6.07) is 2.99. The van der Waals surface area contributed by atoms with Crippen LogP contribution in [0.5, 0.6) is 5.88 Å². The Morgan fingerprint density at radius 2 is 2.00 bits per heavy atom. The molecule has 0 unspecified atom stereocenters. The Bertz CT molecular complexity index is 455. The quantitative estimate of drug-likeness (QED) is 0.646. The molecule has 0 radical (unpaired) electrons. The predicted octanol–water partition coefficient (Wildman–Crippen LogP) is 2.18. The molecule has 8 heteroatoms. The van der Waals surface area contributed by atoms with Gasteiger partial charge < -0.3 is 15.4 Å². The lowest BCUT2D eigenvalue weighted by atomic mass is 10.3. The van der Waals surface area contributed by atoms with Gasteiger partial charge in [-0.2, -0.15) is 13.2 Å². The number of rotatable bonds is 6. The lowest BCUT2D eigenvalue weighted by Gasteiger charge is -2.19. The average Bonchev–Trinajstić information content (AvgIpc) is 2.44. The minimum atomic E-state index is -4.37. The van der Waals surface area contributed by atoms with Crippen LogP contribution in [0.15, 0.2) is 23.3 Å². The largest absolute Gasteiger partial charge is 0.468 e. The van der Waals surface area contributed by atoms with Gasteiger partial charge in [-0.15, -0.1) is 0 Å². The highest BCUT2D eigenvalue weighted by Crippen LogP contribution is 2.17. The van der Waals surface area contributed by atoms with E-state index in [0.717, 1.165) is 18.7 Å². The van der Waals surface area contributed by atoms with E-state index in [4.69, 9.17) is 5.73 Å². The van der Waals surface area contributed by atoms with Gasteiger partial charge in [-0.1, -0.05) is 6.07 Å². The predicted molar refractivity (Wildman–Crippen MR) is 74.0 cm³/mol. The Morgan fingerprint density at radius 3 is 2.48 bits per heavy atom. The van der Waals surface area contributed by atoms with Crippen LogP contribution < -0.4 is 10.5 Å². The summed E-state index contributed by atoms with van der Waals surface area (Å²) in [4.78, 5) is 9.91. The van der Waals surface area contributed by atoms with Crippen molar-refractivity contribution in [1.29, 1.82) is 0 Å². The number of aliphatic imine (C=N–C) groups is 1. The molecule has 21 heavy (non-hydrogen) atoms. The summed E-state index contributed by atoms with van der Waals surface area (Å²) >= 11 is 0. The molecule has 0 saturated heterocycles. The highest BCUT2D eigenvalue weighted by molar-refractivity contribution is 5.77. The third-order valence-corrected chi connectivity index (χ3v) is 2.69. The Labute approximate surface area is 121 Å². The first-order valence-corrected chi connectivity index (χ1v) is 6.55. The van der Waals surface area contributed by atoms with Crippen molar-refractivity contribution in [2.45, 2.75) is 26.6 Å². The van der Waals surface area contributed by atoms with E-state index >= 15 is 0 Å². The monoisotopic (exact) mass is 304 g/mol. The zero-order chi connectivity index (χ0) is 15.9. The van der Waals surface area contributed by atoms with Crippen molar-refractivity contribution in [2.24, 2.45) is 10.7 Å². The van der Waals surface area contributed by atoms with Crippen LogP contribution >= 0.6 is 0 Å². The zero-order valence-electron chi connectivity index (χ0n) is 12.0. The van der Waals surface area contributed by atoms with Crippen molar-refractivity contribution in [1.82, 2.24) is 9.88 Å². The number of guanidine groups is 1. The normalized spacial score (nSPS) is 12.3.